The van der Waals surface area contributed by atoms with Gasteiger partial charge in [-0.25, -0.2) is 0 Å². The fraction of sp³-hybridized carbons (Fsp3) is 0.217. The third-order valence-electron chi connectivity index (χ3n) is 6.80. The molecule has 0 aliphatic heterocycles. The highest BCUT2D eigenvalue weighted by molar-refractivity contribution is 6.42. The number of anilines is 3. The third-order valence-corrected chi connectivity index (χ3v) is 8.59. The second-order valence-electron chi connectivity index (χ2n) is 8.89. The summed E-state index contributed by atoms with van der Waals surface area (Å²) in [4.78, 5) is 0. The molecule has 32 heavy (non-hydrogen) atoms. The standard InChI is InChI=1S/C23H19N3.6Al/c1-22(15-3-7-17(24)8-4-15)14-23(2,16-5-9-18(25)10-6-16)21-13-19(26)11-12-20(21)22;;;;;;/h3-13H,14H2,1-2H3;;;;;;. The van der Waals surface area contributed by atoms with Crippen LogP contribution >= 0.6 is 0 Å². The first-order valence-corrected chi connectivity index (χ1v) is 13.4. The van der Waals surface area contributed by atoms with Gasteiger partial charge in [-0.1, -0.05) is 44.2 Å². The summed E-state index contributed by atoms with van der Waals surface area (Å²) in [6.45, 7) is 4.79. The summed E-state index contributed by atoms with van der Waals surface area (Å²) in [5, 5.41) is 0. The topological polar surface area (TPSA) is 9.72 Å². The van der Waals surface area contributed by atoms with Crippen LogP contribution in [-0.4, -0.2) is 99.1 Å². The zero-order valence-electron chi connectivity index (χ0n) is 18.4. The van der Waals surface area contributed by atoms with Crippen LogP contribution in [-0.2, 0) is 10.8 Å². The molecule has 144 valence electrons. The van der Waals surface area contributed by atoms with Crippen LogP contribution < -0.4 is 8.60 Å². The van der Waals surface area contributed by atoms with E-state index < -0.39 is 0 Å². The van der Waals surface area contributed by atoms with E-state index in [-0.39, 0.29) is 10.8 Å². The molecule has 0 fully saturated rings. The minimum Gasteiger partial charge on any atom is -0.587 e. The molecular formula is C23H19Al6N3. The molecule has 3 nitrogen and oxygen atoms in total. The molecule has 0 spiro atoms. The number of rotatable bonds is 5. The Morgan fingerprint density at radius 2 is 0.906 bits per heavy atom. The lowest BCUT2D eigenvalue weighted by molar-refractivity contribution is 0.450. The maximum Gasteiger partial charge on any atom is 0.277 e. The number of hydrogen-bond acceptors (Lipinski definition) is 3. The van der Waals surface area contributed by atoms with Crippen molar-refractivity contribution in [2.45, 2.75) is 31.1 Å². The predicted molar refractivity (Wildman–Crippen MR) is 139 cm³/mol. The Bertz CT molecular complexity index is 1120. The van der Waals surface area contributed by atoms with Gasteiger partial charge >= 0.3 is 0 Å². The highest BCUT2D eigenvalue weighted by Gasteiger charge is 2.49. The van der Waals surface area contributed by atoms with E-state index in [0.717, 1.165) is 17.8 Å². The first-order valence-electron chi connectivity index (χ1n) is 10.3. The van der Waals surface area contributed by atoms with E-state index in [0.29, 0.717) is 0 Å². The lowest BCUT2D eigenvalue weighted by Gasteiger charge is -2.32. The van der Waals surface area contributed by atoms with E-state index in [1.165, 1.54) is 27.9 Å². The molecule has 0 N–H and O–H groups in total. The first kappa shape index (κ1) is 25.4. The van der Waals surface area contributed by atoms with Gasteiger partial charge in [0.25, 0.3) is 99.1 Å². The Balaban J connectivity index is 1.87. The van der Waals surface area contributed by atoms with Crippen LogP contribution in [0.1, 0.15) is 42.5 Å². The van der Waals surface area contributed by atoms with Gasteiger partial charge in [0.2, 0.25) is 0 Å². The number of nitrogens with zero attached hydrogens (tertiary/aromatic N) is 3. The first-order chi connectivity index (χ1) is 15.1. The summed E-state index contributed by atoms with van der Waals surface area (Å²) in [7, 11) is 0. The predicted octanol–water partition coefficient (Wildman–Crippen LogP) is 2.62. The van der Waals surface area contributed by atoms with Crippen molar-refractivity contribution >= 4 is 116 Å². The largest absolute Gasteiger partial charge is 0.587 e. The third kappa shape index (κ3) is 4.57. The van der Waals surface area contributed by atoms with Gasteiger partial charge in [-0.3, -0.25) is 0 Å². The van der Waals surface area contributed by atoms with Crippen molar-refractivity contribution in [2.24, 2.45) is 0 Å². The smallest absolute Gasteiger partial charge is 0.277 e. The lowest BCUT2D eigenvalue weighted by Crippen LogP contribution is -2.26. The summed E-state index contributed by atoms with van der Waals surface area (Å²) in [6, 6.07) is 24.8. The van der Waals surface area contributed by atoms with Gasteiger partial charge < -0.3 is 8.60 Å². The Hall–Kier alpha value is 0.255. The van der Waals surface area contributed by atoms with Crippen molar-refractivity contribution in [3.05, 3.63) is 89.0 Å². The molecule has 2 unspecified atom stereocenters. The van der Waals surface area contributed by atoms with Crippen molar-refractivity contribution in [3.63, 3.8) is 0 Å². The van der Waals surface area contributed by atoms with Gasteiger partial charge in [-0.2, -0.15) is 0 Å². The summed E-state index contributed by atoms with van der Waals surface area (Å²) in [5.74, 6) is 0. The Labute approximate surface area is 242 Å². The summed E-state index contributed by atoms with van der Waals surface area (Å²) in [6.07, 6.45) is 1.02. The molecule has 0 saturated heterocycles. The van der Waals surface area contributed by atoms with Crippen LogP contribution in [0.15, 0.2) is 66.7 Å². The van der Waals surface area contributed by atoms with Crippen molar-refractivity contribution in [3.8, 4) is 0 Å². The molecule has 1 aliphatic rings. The molecule has 0 saturated carbocycles. The fourth-order valence-electron chi connectivity index (χ4n) is 5.05. The van der Waals surface area contributed by atoms with Gasteiger partial charge in [-0.05, 0) is 82.1 Å². The van der Waals surface area contributed by atoms with E-state index in [1.807, 2.05) is 8.60 Å². The normalized spacial score (nSPS) is 21.7. The molecule has 12 radical (unpaired) electrons. The SMILES string of the molecule is CC1(c2ccc([N]([Al])[Al])cc2)CC(C)(c2ccc([N]([Al])[Al])cc2)c2cc([N]([Al])[Al])ccc21. The van der Waals surface area contributed by atoms with Gasteiger partial charge in [0, 0.05) is 10.8 Å². The molecule has 0 bridgehead atoms. The fourth-order valence-corrected chi connectivity index (χ4v) is 6.06. The number of benzene rings is 3. The van der Waals surface area contributed by atoms with Crippen molar-refractivity contribution in [1.82, 2.24) is 0 Å². The minimum atomic E-state index is -0.0948. The quantitative estimate of drug-likeness (QED) is 0.500. The minimum absolute atomic E-state index is 0.0771. The van der Waals surface area contributed by atoms with Crippen LogP contribution in [0, 0.1) is 0 Å². The van der Waals surface area contributed by atoms with Crippen LogP contribution in [0.25, 0.3) is 0 Å². The van der Waals surface area contributed by atoms with Gasteiger partial charge in [0.05, 0.1) is 0 Å². The molecule has 0 aromatic heterocycles. The number of fused-ring (bicyclic) bond motifs is 1. The molecule has 0 amide bonds. The second-order valence-corrected chi connectivity index (χ2v) is 14.0. The summed E-state index contributed by atoms with van der Waals surface area (Å²) < 4.78 is 6.00. The Morgan fingerprint density at radius 3 is 1.31 bits per heavy atom. The van der Waals surface area contributed by atoms with Gasteiger partial charge in [0.1, 0.15) is 0 Å². The summed E-state index contributed by atoms with van der Waals surface area (Å²) in [5.41, 5.74) is 8.80. The van der Waals surface area contributed by atoms with Gasteiger partial charge in [0.15, 0.2) is 0 Å². The lowest BCUT2D eigenvalue weighted by atomic mass is 9.72. The molecule has 4 rings (SSSR count). The Morgan fingerprint density at radius 1 is 0.531 bits per heavy atom. The van der Waals surface area contributed by atoms with Crippen LogP contribution in [0.5, 0.6) is 0 Å². The van der Waals surface area contributed by atoms with E-state index >= 15 is 0 Å². The molecule has 9 heteroatoms. The van der Waals surface area contributed by atoms with E-state index in [9.17, 15) is 0 Å². The van der Waals surface area contributed by atoms with Gasteiger partial charge in [-0.15, -0.1) is 0 Å². The Kier molecular flexibility index (Phi) is 7.70. The summed E-state index contributed by atoms with van der Waals surface area (Å²) >= 11 is 16.3. The van der Waals surface area contributed by atoms with Crippen LogP contribution in [0.3, 0.4) is 0 Å². The van der Waals surface area contributed by atoms with E-state index in [1.54, 1.807) is 0 Å². The molecule has 1 aliphatic carbocycles. The second kappa shape index (κ2) is 9.72. The number of hydrogen-bond donors (Lipinski definition) is 0. The van der Waals surface area contributed by atoms with E-state index in [4.69, 9.17) is 0 Å². The zero-order chi connectivity index (χ0) is 23.3. The monoisotopic (exact) mass is 499 g/mol. The molecule has 3 aromatic carbocycles. The average Bonchev–Trinajstić information content (AvgIpc) is 3.02. The molecule has 0 heterocycles. The average molecular weight is 499 g/mol. The molecular weight excluding hydrogens is 480 g/mol. The van der Waals surface area contributed by atoms with E-state index in [2.05, 4.69) is 180 Å². The highest BCUT2D eigenvalue weighted by atomic mass is 27.1. The van der Waals surface area contributed by atoms with Crippen LogP contribution in [0.4, 0.5) is 17.1 Å². The zero-order valence-corrected chi connectivity index (χ0v) is 25.3. The van der Waals surface area contributed by atoms with Crippen LogP contribution in [0.2, 0.25) is 0 Å². The molecule has 3 aromatic rings. The van der Waals surface area contributed by atoms with Crippen molar-refractivity contribution < 1.29 is 0 Å². The maximum absolute atomic E-state index is 2.75. The van der Waals surface area contributed by atoms with Crippen molar-refractivity contribution in [1.29, 1.82) is 0 Å². The maximum atomic E-state index is 2.75. The molecule has 2 atom stereocenters. The highest BCUT2D eigenvalue weighted by Crippen LogP contribution is 2.56. The van der Waals surface area contributed by atoms with Crippen molar-refractivity contribution in [2.75, 3.05) is 8.60 Å².